The minimum atomic E-state index is -3.38. The van der Waals surface area contributed by atoms with Gasteiger partial charge in [0.25, 0.3) is 5.56 Å². The molecule has 1 aliphatic heterocycles. The van der Waals surface area contributed by atoms with Crippen molar-refractivity contribution in [2.24, 2.45) is 0 Å². The summed E-state index contributed by atoms with van der Waals surface area (Å²) in [5, 5.41) is 9.59. The van der Waals surface area contributed by atoms with E-state index in [2.05, 4.69) is 4.98 Å². The van der Waals surface area contributed by atoms with Crippen molar-refractivity contribution in [3.8, 4) is 0 Å². The highest BCUT2D eigenvalue weighted by Crippen LogP contribution is 2.37. The van der Waals surface area contributed by atoms with Crippen LogP contribution < -0.4 is 11.2 Å². The van der Waals surface area contributed by atoms with Crippen LogP contribution in [0.3, 0.4) is 0 Å². The molecule has 7 atom stereocenters. The molecule has 2 heterocycles. The molecule has 0 amide bonds. The largest absolute Gasteiger partial charge is 0.394 e. The first kappa shape index (κ1) is 22.0. The van der Waals surface area contributed by atoms with Crippen molar-refractivity contribution in [3.63, 3.8) is 0 Å². The van der Waals surface area contributed by atoms with Gasteiger partial charge in [-0.3, -0.25) is 18.9 Å². The number of aromatic amines is 1. The van der Waals surface area contributed by atoms with Crippen molar-refractivity contribution in [2.75, 3.05) is 13.7 Å². The number of hydrogen-bond acceptors (Lipinski definition) is 8. The Labute approximate surface area is 155 Å². The third-order valence-corrected chi connectivity index (χ3v) is 5.00. The number of aliphatic hydroxyl groups is 1. The Bertz CT molecular complexity index is 779. The summed E-state index contributed by atoms with van der Waals surface area (Å²) in [6.45, 7) is 4.47. The molecular weight excluding hydrogens is 383 g/mol. The fourth-order valence-corrected chi connectivity index (χ4v) is 3.33. The molecule has 3 N–H and O–H groups in total. The van der Waals surface area contributed by atoms with Crippen LogP contribution in [0.25, 0.3) is 0 Å². The van der Waals surface area contributed by atoms with Crippen LogP contribution in [0.1, 0.15) is 25.6 Å². The zero-order valence-corrected chi connectivity index (χ0v) is 16.4. The minimum Gasteiger partial charge on any atom is -0.394 e. The molecular formula is C15H25N2O9P. The normalized spacial score (nSPS) is 28.8. The molecule has 1 aromatic rings. The molecule has 0 aromatic carbocycles. The van der Waals surface area contributed by atoms with E-state index in [0.717, 1.165) is 4.57 Å². The van der Waals surface area contributed by atoms with Gasteiger partial charge in [0, 0.05) is 18.9 Å². The minimum absolute atomic E-state index is 0.260. The van der Waals surface area contributed by atoms with E-state index in [-0.39, 0.29) is 11.7 Å². The fourth-order valence-electron chi connectivity index (χ4n) is 2.81. The SMILES string of the molecule is CO[C@@H](C)[C@H](C)O[C@H]1C(O[PH](=O)O)[C@@H](CO)O[C@H]1n1cc(C)c(=O)[nH]c1=O. The van der Waals surface area contributed by atoms with E-state index in [1.807, 2.05) is 0 Å². The summed E-state index contributed by atoms with van der Waals surface area (Å²) in [5.41, 5.74) is -1.03. The van der Waals surface area contributed by atoms with Gasteiger partial charge in [-0.15, -0.1) is 0 Å². The molecule has 27 heavy (non-hydrogen) atoms. The third-order valence-electron chi connectivity index (χ3n) is 4.53. The van der Waals surface area contributed by atoms with E-state index in [9.17, 15) is 24.2 Å². The lowest BCUT2D eigenvalue weighted by Crippen LogP contribution is -2.43. The van der Waals surface area contributed by atoms with Gasteiger partial charge in [-0.1, -0.05) is 0 Å². The summed E-state index contributed by atoms with van der Waals surface area (Å²) in [6.07, 6.45) is -3.75. The standard InChI is InChI=1S/C15H25N2O9P/c1-7-5-17(15(20)16-13(7)19)14-12(24-9(3)8(2)23-4)11(26-27(21)22)10(6-18)25-14/h5,8-12,14,18,27H,6H2,1-4H3,(H,21,22)(H,16,19,20)/t8-,9-,10+,11?,12-,14+/m0/s1. The second-order valence-electron chi connectivity index (χ2n) is 6.32. The zero-order valence-electron chi connectivity index (χ0n) is 15.4. The maximum atomic E-state index is 12.3. The monoisotopic (exact) mass is 408 g/mol. The van der Waals surface area contributed by atoms with Gasteiger partial charge in [0.1, 0.15) is 18.3 Å². The van der Waals surface area contributed by atoms with Crippen LogP contribution in [-0.4, -0.2) is 63.8 Å². The average molecular weight is 408 g/mol. The van der Waals surface area contributed by atoms with Gasteiger partial charge in [-0.2, -0.15) is 0 Å². The van der Waals surface area contributed by atoms with Gasteiger partial charge in [0.05, 0.1) is 18.8 Å². The van der Waals surface area contributed by atoms with Crippen LogP contribution in [0.4, 0.5) is 0 Å². The van der Waals surface area contributed by atoms with E-state index >= 15 is 0 Å². The number of ether oxygens (including phenoxy) is 3. The average Bonchev–Trinajstić information content (AvgIpc) is 2.94. The molecule has 1 aromatic heterocycles. The highest BCUT2D eigenvalue weighted by Gasteiger charge is 2.49. The molecule has 11 nitrogen and oxygen atoms in total. The summed E-state index contributed by atoms with van der Waals surface area (Å²) in [4.78, 5) is 35.3. The van der Waals surface area contributed by atoms with Crippen LogP contribution >= 0.6 is 8.25 Å². The van der Waals surface area contributed by atoms with Gasteiger partial charge in [0.2, 0.25) is 0 Å². The summed E-state index contributed by atoms with van der Waals surface area (Å²) >= 11 is 0. The van der Waals surface area contributed by atoms with Gasteiger partial charge < -0.3 is 28.7 Å². The van der Waals surface area contributed by atoms with Gasteiger partial charge in [-0.05, 0) is 20.8 Å². The number of rotatable bonds is 8. The number of aromatic nitrogens is 2. The lowest BCUT2D eigenvalue weighted by molar-refractivity contribution is -0.127. The quantitative estimate of drug-likeness (QED) is 0.475. The Hall–Kier alpha value is -1.33. The van der Waals surface area contributed by atoms with Gasteiger partial charge in [-0.25, -0.2) is 4.79 Å². The van der Waals surface area contributed by atoms with Gasteiger partial charge >= 0.3 is 13.9 Å². The highest BCUT2D eigenvalue weighted by atomic mass is 31.1. The molecule has 0 saturated carbocycles. The lowest BCUT2D eigenvalue weighted by Gasteiger charge is -2.29. The van der Waals surface area contributed by atoms with E-state index < -0.39 is 56.8 Å². The summed E-state index contributed by atoms with van der Waals surface area (Å²) in [6, 6.07) is 0. The van der Waals surface area contributed by atoms with Crippen molar-refractivity contribution in [1.82, 2.24) is 9.55 Å². The Morgan fingerprint density at radius 2 is 2.00 bits per heavy atom. The molecule has 154 valence electrons. The molecule has 0 spiro atoms. The molecule has 0 radical (unpaired) electrons. The first-order valence-electron chi connectivity index (χ1n) is 8.35. The number of nitrogens with zero attached hydrogens (tertiary/aromatic N) is 1. The molecule has 2 rings (SSSR count). The Morgan fingerprint density at radius 1 is 1.33 bits per heavy atom. The van der Waals surface area contributed by atoms with Crippen LogP contribution in [-0.2, 0) is 23.3 Å². The van der Waals surface area contributed by atoms with E-state index in [0.29, 0.717) is 0 Å². The van der Waals surface area contributed by atoms with Crippen molar-refractivity contribution in [1.29, 1.82) is 0 Å². The zero-order chi connectivity index (χ0) is 20.3. The first-order chi connectivity index (χ1) is 12.7. The van der Waals surface area contributed by atoms with Crippen molar-refractivity contribution in [2.45, 2.75) is 57.5 Å². The topological polar surface area (TPSA) is 149 Å². The molecule has 0 aliphatic carbocycles. The molecule has 1 saturated heterocycles. The van der Waals surface area contributed by atoms with Crippen LogP contribution in [0.5, 0.6) is 0 Å². The van der Waals surface area contributed by atoms with Crippen molar-refractivity contribution >= 4 is 8.25 Å². The van der Waals surface area contributed by atoms with Crippen LogP contribution in [0, 0.1) is 6.92 Å². The van der Waals surface area contributed by atoms with Crippen molar-refractivity contribution in [3.05, 3.63) is 32.6 Å². The molecule has 2 unspecified atom stereocenters. The first-order valence-corrected chi connectivity index (χ1v) is 9.62. The summed E-state index contributed by atoms with van der Waals surface area (Å²) in [5.74, 6) is 0. The fraction of sp³-hybridized carbons (Fsp3) is 0.733. The Kier molecular flexibility index (Phi) is 7.52. The lowest BCUT2D eigenvalue weighted by atomic mass is 10.1. The Morgan fingerprint density at radius 3 is 2.56 bits per heavy atom. The second kappa shape index (κ2) is 9.24. The van der Waals surface area contributed by atoms with E-state index in [1.54, 1.807) is 13.8 Å². The number of aliphatic hydroxyl groups excluding tert-OH is 1. The Balaban J connectivity index is 2.46. The van der Waals surface area contributed by atoms with E-state index in [4.69, 9.17) is 18.7 Å². The predicted molar refractivity (Wildman–Crippen MR) is 94.0 cm³/mol. The number of H-pyrrole nitrogens is 1. The number of hydrogen-bond donors (Lipinski definition) is 3. The summed E-state index contributed by atoms with van der Waals surface area (Å²) < 4.78 is 34.3. The third kappa shape index (κ3) is 4.94. The highest BCUT2D eigenvalue weighted by molar-refractivity contribution is 7.32. The van der Waals surface area contributed by atoms with Gasteiger partial charge in [0.15, 0.2) is 6.23 Å². The molecule has 0 bridgehead atoms. The van der Waals surface area contributed by atoms with Crippen molar-refractivity contribution < 1.29 is 33.3 Å². The number of nitrogens with one attached hydrogen (secondary N) is 1. The molecule has 1 fully saturated rings. The molecule has 1 aliphatic rings. The molecule has 12 heteroatoms. The maximum Gasteiger partial charge on any atom is 0.330 e. The second-order valence-corrected chi connectivity index (χ2v) is 7.09. The predicted octanol–water partition coefficient (Wildman–Crippen LogP) is -0.689. The summed E-state index contributed by atoms with van der Waals surface area (Å²) in [7, 11) is -1.88. The smallest absolute Gasteiger partial charge is 0.330 e. The number of methoxy groups -OCH3 is 1. The maximum absolute atomic E-state index is 12.3. The van der Waals surface area contributed by atoms with E-state index in [1.165, 1.54) is 20.2 Å². The number of aryl methyl sites for hydroxylation is 1. The van der Waals surface area contributed by atoms with Crippen LogP contribution in [0.15, 0.2) is 15.8 Å². The van der Waals surface area contributed by atoms with Crippen LogP contribution in [0.2, 0.25) is 0 Å².